The fourth-order valence-electron chi connectivity index (χ4n) is 3.37. The Morgan fingerprint density at radius 1 is 1.07 bits per heavy atom. The van der Waals surface area contributed by atoms with Crippen LogP contribution < -0.4 is 11.2 Å². The van der Waals surface area contributed by atoms with E-state index in [0.717, 1.165) is 12.0 Å². The zero-order valence-corrected chi connectivity index (χ0v) is 15.8. The molecule has 7 nitrogen and oxygen atoms in total. The third-order valence-electron chi connectivity index (χ3n) is 4.71. The van der Waals surface area contributed by atoms with Crippen molar-refractivity contribution in [1.29, 1.82) is 0 Å². The highest BCUT2D eigenvalue weighted by Gasteiger charge is 2.21. The lowest BCUT2D eigenvalue weighted by molar-refractivity contribution is 0.260. The van der Waals surface area contributed by atoms with E-state index >= 15 is 0 Å². The Balaban J connectivity index is 2.12. The number of aliphatic hydroxyl groups excluding tert-OH is 1. The van der Waals surface area contributed by atoms with E-state index in [0.29, 0.717) is 42.9 Å². The average Bonchev–Trinajstić information content (AvgIpc) is 3.12. The normalized spacial score (nSPS) is 12.6. The smallest absolute Gasteiger partial charge is 0.332 e. The number of rotatable bonds is 8. The molecule has 27 heavy (non-hydrogen) atoms. The average molecular weight is 370 g/mol. The molecule has 0 saturated carbocycles. The molecule has 0 radical (unpaired) electrons. The van der Waals surface area contributed by atoms with Gasteiger partial charge in [-0.1, -0.05) is 44.2 Å². The summed E-state index contributed by atoms with van der Waals surface area (Å²) in [6.45, 7) is 4.68. The number of hydrogen-bond acceptors (Lipinski definition) is 4. The lowest BCUT2D eigenvalue weighted by Crippen LogP contribution is -2.40. The van der Waals surface area contributed by atoms with Crippen LogP contribution in [0, 0.1) is 0 Å². The number of hydrogen-bond donors (Lipinski definition) is 2. The number of aliphatic hydroxyl groups is 1. The lowest BCUT2D eigenvalue weighted by atomic mass is 9.99. The number of nitrogens with zero attached hydrogens (tertiary/aromatic N) is 3. The summed E-state index contributed by atoms with van der Waals surface area (Å²) < 4.78 is 2.83. The van der Waals surface area contributed by atoms with Crippen LogP contribution in [0.1, 0.15) is 44.0 Å². The van der Waals surface area contributed by atoms with E-state index in [4.69, 9.17) is 0 Å². The van der Waals surface area contributed by atoms with Gasteiger partial charge in [-0.05, 0) is 24.8 Å². The molecule has 144 valence electrons. The van der Waals surface area contributed by atoms with E-state index in [2.05, 4.69) is 9.97 Å². The number of aromatic nitrogens is 4. The number of H-pyrrole nitrogens is 1. The van der Waals surface area contributed by atoms with Gasteiger partial charge in [-0.2, -0.15) is 0 Å². The van der Waals surface area contributed by atoms with E-state index < -0.39 is 0 Å². The maximum atomic E-state index is 12.8. The Morgan fingerprint density at radius 2 is 1.74 bits per heavy atom. The zero-order chi connectivity index (χ0) is 19.4. The topological polar surface area (TPSA) is 92.9 Å². The maximum absolute atomic E-state index is 12.8. The summed E-state index contributed by atoms with van der Waals surface area (Å²) in [5.41, 5.74) is 1.11. The first-order valence-electron chi connectivity index (χ1n) is 9.48. The summed E-state index contributed by atoms with van der Waals surface area (Å²) in [7, 11) is 0. The van der Waals surface area contributed by atoms with Crippen molar-refractivity contribution >= 4 is 11.2 Å². The monoisotopic (exact) mass is 370 g/mol. The van der Waals surface area contributed by atoms with Crippen molar-refractivity contribution in [3.05, 3.63) is 62.6 Å². The van der Waals surface area contributed by atoms with E-state index in [1.54, 1.807) is 4.57 Å². The first kappa shape index (κ1) is 19.1. The molecule has 1 aromatic carbocycles. The van der Waals surface area contributed by atoms with Crippen LogP contribution in [0.4, 0.5) is 0 Å². The second-order valence-electron chi connectivity index (χ2n) is 6.78. The second-order valence-corrected chi connectivity index (χ2v) is 6.78. The Labute approximate surface area is 157 Å². The van der Waals surface area contributed by atoms with Crippen LogP contribution in [0.15, 0.2) is 39.9 Å². The van der Waals surface area contributed by atoms with Crippen molar-refractivity contribution in [3.8, 4) is 0 Å². The van der Waals surface area contributed by atoms with Gasteiger partial charge in [0.05, 0.1) is 6.61 Å². The minimum Gasteiger partial charge on any atom is -0.396 e. The summed E-state index contributed by atoms with van der Waals surface area (Å²) in [6.07, 6.45) is 2.05. The van der Waals surface area contributed by atoms with Gasteiger partial charge in [0.25, 0.3) is 5.56 Å². The Hall–Kier alpha value is -2.67. The molecular weight excluding hydrogens is 344 g/mol. The number of nitrogens with one attached hydrogen (secondary N) is 1. The number of benzene rings is 1. The van der Waals surface area contributed by atoms with Gasteiger partial charge in [-0.3, -0.25) is 13.9 Å². The first-order valence-corrected chi connectivity index (χ1v) is 9.48. The molecule has 1 atom stereocenters. The maximum Gasteiger partial charge on any atom is 0.332 e. The summed E-state index contributed by atoms with van der Waals surface area (Å²) in [5.74, 6) is 0.260. The van der Waals surface area contributed by atoms with Crippen molar-refractivity contribution in [2.45, 2.75) is 52.1 Å². The molecule has 3 aromatic rings. The molecule has 2 heterocycles. The molecule has 0 fully saturated rings. The van der Waals surface area contributed by atoms with Crippen molar-refractivity contribution in [1.82, 2.24) is 19.1 Å². The second kappa shape index (κ2) is 8.35. The molecule has 2 N–H and O–H groups in total. The van der Waals surface area contributed by atoms with Gasteiger partial charge in [0.2, 0.25) is 0 Å². The summed E-state index contributed by atoms with van der Waals surface area (Å²) in [6, 6.07) is 9.83. The molecule has 0 aliphatic carbocycles. The van der Waals surface area contributed by atoms with Crippen molar-refractivity contribution in [2.24, 2.45) is 0 Å². The van der Waals surface area contributed by atoms with Crippen LogP contribution in [0.25, 0.3) is 11.2 Å². The minimum atomic E-state index is -0.348. The van der Waals surface area contributed by atoms with Gasteiger partial charge in [-0.25, -0.2) is 9.78 Å². The van der Waals surface area contributed by atoms with Crippen molar-refractivity contribution < 1.29 is 5.11 Å². The third-order valence-corrected chi connectivity index (χ3v) is 4.71. The lowest BCUT2D eigenvalue weighted by Gasteiger charge is -2.11. The van der Waals surface area contributed by atoms with E-state index in [-0.39, 0.29) is 23.8 Å². The molecule has 0 aliphatic heterocycles. The van der Waals surface area contributed by atoms with Crippen molar-refractivity contribution in [3.63, 3.8) is 0 Å². The van der Waals surface area contributed by atoms with Crippen LogP contribution >= 0.6 is 0 Å². The van der Waals surface area contributed by atoms with Gasteiger partial charge >= 0.3 is 5.69 Å². The standard InChI is InChI=1S/C20H26N4O3/c1-3-10-23-18-16(19(26)24(11-4-2)20(23)27)21-17(22-18)15(13-25)12-14-8-6-5-7-9-14/h5-9,15,25H,3-4,10-13H2,1-2H3,(H,21,22). The Bertz CT molecular complexity index is 1020. The van der Waals surface area contributed by atoms with Gasteiger partial charge in [0, 0.05) is 19.0 Å². The number of aryl methyl sites for hydroxylation is 1. The molecule has 1 unspecified atom stereocenters. The third kappa shape index (κ3) is 3.73. The van der Waals surface area contributed by atoms with Crippen LogP contribution in [-0.2, 0) is 19.5 Å². The highest BCUT2D eigenvalue weighted by Crippen LogP contribution is 2.20. The molecule has 0 spiro atoms. The van der Waals surface area contributed by atoms with E-state index in [9.17, 15) is 14.7 Å². The predicted octanol–water partition coefficient (Wildman–Crippen LogP) is 2.02. The molecule has 7 heteroatoms. The van der Waals surface area contributed by atoms with Crippen molar-refractivity contribution in [2.75, 3.05) is 6.61 Å². The molecule has 0 saturated heterocycles. The number of fused-ring (bicyclic) bond motifs is 1. The fraction of sp³-hybridized carbons (Fsp3) is 0.450. The Kier molecular flexibility index (Phi) is 5.91. The molecule has 3 rings (SSSR count). The van der Waals surface area contributed by atoms with Gasteiger partial charge in [-0.15, -0.1) is 0 Å². The number of imidazole rings is 1. The van der Waals surface area contributed by atoms with Gasteiger partial charge < -0.3 is 10.1 Å². The largest absolute Gasteiger partial charge is 0.396 e. The number of aromatic amines is 1. The molecule has 0 bridgehead atoms. The van der Waals surface area contributed by atoms with Crippen LogP contribution in [0.5, 0.6) is 0 Å². The minimum absolute atomic E-state index is 0.101. The molecule has 0 aliphatic rings. The highest BCUT2D eigenvalue weighted by molar-refractivity contribution is 5.70. The van der Waals surface area contributed by atoms with Gasteiger partial charge in [0.1, 0.15) is 11.3 Å². The summed E-state index contributed by atoms with van der Waals surface area (Å²) in [5, 5.41) is 9.89. The predicted molar refractivity (Wildman–Crippen MR) is 105 cm³/mol. The van der Waals surface area contributed by atoms with E-state index in [1.807, 2.05) is 44.2 Å². The summed E-state index contributed by atoms with van der Waals surface area (Å²) in [4.78, 5) is 33.2. The first-order chi connectivity index (χ1) is 13.1. The summed E-state index contributed by atoms with van der Waals surface area (Å²) >= 11 is 0. The highest BCUT2D eigenvalue weighted by atomic mass is 16.3. The molecular formula is C20H26N4O3. The van der Waals surface area contributed by atoms with Gasteiger partial charge in [0.15, 0.2) is 5.65 Å². The zero-order valence-electron chi connectivity index (χ0n) is 15.8. The van der Waals surface area contributed by atoms with E-state index in [1.165, 1.54) is 4.57 Å². The SMILES string of the molecule is CCCn1c(=O)c2[nH]c(C(CO)Cc3ccccc3)nc2n(CCC)c1=O. The van der Waals surface area contributed by atoms with Crippen LogP contribution in [-0.4, -0.2) is 30.8 Å². The van der Waals surface area contributed by atoms with Crippen LogP contribution in [0.3, 0.4) is 0 Å². The molecule has 0 amide bonds. The Morgan fingerprint density at radius 3 is 2.37 bits per heavy atom. The van der Waals surface area contributed by atoms with Crippen LogP contribution in [0.2, 0.25) is 0 Å². The molecule has 2 aromatic heterocycles. The fourth-order valence-corrected chi connectivity index (χ4v) is 3.37. The quantitative estimate of drug-likeness (QED) is 0.634.